The van der Waals surface area contributed by atoms with Gasteiger partial charge in [-0.25, -0.2) is 0 Å². The molecular formula is C24H60HfO4Si2. The number of aliphatic hydroxyl groups excluding tert-OH is 2. The van der Waals surface area contributed by atoms with E-state index in [4.69, 9.17) is 10.2 Å². The number of hydrogen-bond acceptors (Lipinski definition) is 4. The van der Waals surface area contributed by atoms with Crippen LogP contribution in [0.2, 0.25) is 33.2 Å². The van der Waals surface area contributed by atoms with Gasteiger partial charge in [0, 0.05) is 38.1 Å². The van der Waals surface area contributed by atoms with Crippen molar-refractivity contribution in [2.75, 3.05) is 0 Å². The first-order valence-corrected chi connectivity index (χ1v) is 16.3. The Morgan fingerprint density at radius 3 is 0.419 bits per heavy atom. The molecule has 0 atom stereocenters. The minimum atomic E-state index is -1.98. The molecular weight excluding hydrogens is 587 g/mol. The molecule has 31 heavy (non-hydrogen) atoms. The molecule has 4 N–H and O–H groups in total. The summed E-state index contributed by atoms with van der Waals surface area (Å²) in [5.74, 6) is 0. The number of aliphatic hydroxyl groups is 2. The van der Waals surface area contributed by atoms with Crippen LogP contribution in [-0.2, 0) is 25.8 Å². The molecule has 0 fully saturated rings. The van der Waals surface area contributed by atoms with Gasteiger partial charge in [-0.1, -0.05) is 83.1 Å². The molecule has 0 bridgehead atoms. The molecule has 4 nitrogen and oxygen atoms in total. The molecule has 0 rings (SSSR count). The molecule has 0 aliphatic rings. The largest absolute Gasteiger partial charge is 0.431 e. The molecule has 0 aromatic rings. The molecule has 0 saturated heterocycles. The Bertz CT molecular complexity index is 301. The van der Waals surface area contributed by atoms with Crippen molar-refractivity contribution < 1.29 is 45.6 Å². The Morgan fingerprint density at radius 1 is 0.355 bits per heavy atom. The van der Waals surface area contributed by atoms with E-state index in [0.29, 0.717) is 33.2 Å². The van der Waals surface area contributed by atoms with Crippen LogP contribution < -0.4 is 0 Å². The quantitative estimate of drug-likeness (QED) is 0.233. The standard InChI is InChI=1S/2C9H22OSi.2C3H8O.Hf/c2*1-7(2)11(10,8(3)4)9(5)6;2*1-3(2)4;/h2*7-10H,1-6H3;2*3-4H,1-2H3;. The average molecular weight is 647 g/mol. The van der Waals surface area contributed by atoms with Gasteiger partial charge in [0.15, 0.2) is 16.6 Å². The predicted octanol–water partition coefficient (Wildman–Crippen LogP) is 7.08. The van der Waals surface area contributed by atoms with E-state index in [2.05, 4.69) is 83.1 Å². The van der Waals surface area contributed by atoms with Crippen LogP contribution in [0.1, 0.15) is 111 Å². The van der Waals surface area contributed by atoms with Gasteiger partial charge in [-0.3, -0.25) is 0 Å². The van der Waals surface area contributed by atoms with Crippen molar-refractivity contribution in [2.24, 2.45) is 0 Å². The first-order valence-electron chi connectivity index (χ1n) is 11.9. The van der Waals surface area contributed by atoms with E-state index >= 15 is 0 Å². The van der Waals surface area contributed by atoms with Crippen LogP contribution in [0.3, 0.4) is 0 Å². The maximum Gasteiger partial charge on any atom is 0.196 e. The fourth-order valence-electron chi connectivity index (χ4n) is 4.00. The third-order valence-electron chi connectivity index (χ3n) is 5.55. The molecule has 0 aromatic carbocycles. The minimum Gasteiger partial charge on any atom is -0.431 e. The molecule has 7 heteroatoms. The third-order valence-corrected chi connectivity index (χ3v) is 16.6. The van der Waals surface area contributed by atoms with Crippen LogP contribution in [0.5, 0.6) is 0 Å². The van der Waals surface area contributed by atoms with Gasteiger partial charge in [0.2, 0.25) is 0 Å². The van der Waals surface area contributed by atoms with Gasteiger partial charge in [-0.05, 0) is 60.9 Å². The second-order valence-electron chi connectivity index (χ2n) is 10.9. The fraction of sp³-hybridized carbons (Fsp3) is 1.00. The average Bonchev–Trinajstić information content (AvgIpc) is 2.51. The zero-order valence-corrected chi connectivity index (χ0v) is 29.5. The predicted molar refractivity (Wildman–Crippen MR) is 141 cm³/mol. The van der Waals surface area contributed by atoms with Crippen LogP contribution in [0.25, 0.3) is 0 Å². The topological polar surface area (TPSA) is 80.9 Å². The van der Waals surface area contributed by atoms with Crippen molar-refractivity contribution in [3.05, 3.63) is 0 Å². The summed E-state index contributed by atoms with van der Waals surface area (Å²) in [5, 5.41) is 16.1. The van der Waals surface area contributed by atoms with Crippen molar-refractivity contribution in [3.8, 4) is 0 Å². The van der Waals surface area contributed by atoms with Gasteiger partial charge in [0.1, 0.15) is 0 Å². The van der Waals surface area contributed by atoms with Crippen molar-refractivity contribution >= 4 is 16.6 Å². The van der Waals surface area contributed by atoms with Gasteiger partial charge in [-0.2, -0.15) is 0 Å². The van der Waals surface area contributed by atoms with Gasteiger partial charge < -0.3 is 19.8 Å². The molecule has 0 heterocycles. The summed E-state index contributed by atoms with van der Waals surface area (Å²) in [6, 6.07) is 0. The Balaban J connectivity index is -0.000000106. The second kappa shape index (κ2) is 20.5. The van der Waals surface area contributed by atoms with Gasteiger partial charge in [-0.15, -0.1) is 0 Å². The molecule has 0 spiro atoms. The van der Waals surface area contributed by atoms with E-state index in [1.54, 1.807) is 27.7 Å². The van der Waals surface area contributed by atoms with Crippen LogP contribution in [0, 0.1) is 0 Å². The van der Waals surface area contributed by atoms with E-state index in [1.807, 2.05) is 0 Å². The number of rotatable bonds is 6. The summed E-state index contributed by atoms with van der Waals surface area (Å²) in [6.45, 7) is 32.6. The van der Waals surface area contributed by atoms with Gasteiger partial charge in [0.05, 0.1) is 0 Å². The monoisotopic (exact) mass is 648 g/mol. The molecule has 0 unspecified atom stereocenters. The van der Waals surface area contributed by atoms with Gasteiger partial charge >= 0.3 is 0 Å². The summed E-state index contributed by atoms with van der Waals surface area (Å²) >= 11 is 0. The second-order valence-corrected chi connectivity index (χ2v) is 21.4. The van der Waals surface area contributed by atoms with E-state index in [9.17, 15) is 9.59 Å². The molecule has 0 aliphatic carbocycles. The van der Waals surface area contributed by atoms with Crippen LogP contribution in [0.15, 0.2) is 0 Å². The van der Waals surface area contributed by atoms with E-state index in [1.165, 1.54) is 0 Å². The first kappa shape index (κ1) is 42.3. The van der Waals surface area contributed by atoms with E-state index < -0.39 is 16.6 Å². The summed E-state index contributed by atoms with van der Waals surface area (Å²) < 4.78 is 0. The summed E-state index contributed by atoms with van der Waals surface area (Å²) in [6.07, 6.45) is -0.333. The fourth-order valence-corrected chi connectivity index (χ4v) is 12.0. The Kier molecular flexibility index (Phi) is 28.0. The molecule has 192 valence electrons. The zero-order chi connectivity index (χ0) is 25.6. The third kappa shape index (κ3) is 19.2. The van der Waals surface area contributed by atoms with Crippen molar-refractivity contribution in [2.45, 2.75) is 156 Å². The number of hydrogen-bond donors (Lipinski definition) is 4. The Hall–Kier alpha value is 1.14. The zero-order valence-electron chi connectivity index (χ0n) is 23.9. The molecule has 0 amide bonds. The molecule has 0 aromatic heterocycles. The van der Waals surface area contributed by atoms with E-state index in [0.717, 1.165) is 0 Å². The van der Waals surface area contributed by atoms with E-state index in [-0.39, 0.29) is 38.1 Å². The van der Waals surface area contributed by atoms with Crippen LogP contribution >= 0.6 is 0 Å². The Labute approximate surface area is 217 Å². The SMILES string of the molecule is CC(C)O.CC(C)O.CC(C)[Si](O)(C(C)C)C(C)C.CC(C)[Si](O)(C(C)C)C(C)C.[Hf]. The smallest absolute Gasteiger partial charge is 0.196 e. The summed E-state index contributed by atoms with van der Waals surface area (Å²) in [5.41, 5.74) is 2.85. The van der Waals surface area contributed by atoms with Crippen molar-refractivity contribution in [1.29, 1.82) is 0 Å². The first-order chi connectivity index (χ1) is 13.1. The molecule has 0 aliphatic heterocycles. The minimum absolute atomic E-state index is 0. The molecule has 0 saturated carbocycles. The summed E-state index contributed by atoms with van der Waals surface area (Å²) in [4.78, 5) is 20.8. The van der Waals surface area contributed by atoms with Crippen molar-refractivity contribution in [1.82, 2.24) is 0 Å². The maximum atomic E-state index is 10.4. The van der Waals surface area contributed by atoms with Crippen LogP contribution in [0.4, 0.5) is 0 Å². The Morgan fingerprint density at radius 2 is 0.419 bits per heavy atom. The van der Waals surface area contributed by atoms with Crippen molar-refractivity contribution in [3.63, 3.8) is 0 Å². The summed E-state index contributed by atoms with van der Waals surface area (Å²) in [7, 11) is -3.96. The van der Waals surface area contributed by atoms with Crippen LogP contribution in [-0.4, -0.2) is 48.6 Å². The normalized spacial score (nSPS) is 12.0. The molecule has 0 radical (unpaired) electrons. The maximum absolute atomic E-state index is 10.4. The van der Waals surface area contributed by atoms with Gasteiger partial charge in [0.25, 0.3) is 0 Å².